The zero-order valence-corrected chi connectivity index (χ0v) is 18.5. The van der Waals surface area contributed by atoms with Gasteiger partial charge < -0.3 is 10.0 Å². The molecule has 1 N–H and O–H groups in total. The van der Waals surface area contributed by atoms with E-state index in [0.717, 1.165) is 30.8 Å². The van der Waals surface area contributed by atoms with Gasteiger partial charge >= 0.3 is 0 Å². The lowest BCUT2D eigenvalue weighted by atomic mass is 9.88. The summed E-state index contributed by atoms with van der Waals surface area (Å²) >= 11 is 0. The summed E-state index contributed by atoms with van der Waals surface area (Å²) in [5, 5.41) is 10.3. The largest absolute Gasteiger partial charge is 0.507 e. The standard InChI is InChI=1S/C22H30N4O3S/c1-3-14-30(28,29)26-12-10-25(11-13-26)22-17-9-8-16(2)15-19(17)23-21(24-22)18-6-4-5-7-20(18)27/h4-7,16,27H,3,8-15H2,1-2H3/t16-/m1/s1. The van der Waals surface area contributed by atoms with Gasteiger partial charge in [0.25, 0.3) is 0 Å². The van der Waals surface area contributed by atoms with Gasteiger partial charge in [-0.1, -0.05) is 26.0 Å². The number of sulfonamides is 1. The third-order valence-electron chi connectivity index (χ3n) is 6.04. The molecule has 8 heteroatoms. The van der Waals surface area contributed by atoms with Crippen LogP contribution in [0.15, 0.2) is 24.3 Å². The highest BCUT2D eigenvalue weighted by Gasteiger charge is 2.30. The van der Waals surface area contributed by atoms with Crippen LogP contribution in [0.5, 0.6) is 5.75 Å². The number of nitrogens with zero attached hydrogens (tertiary/aromatic N) is 4. The first-order valence-corrected chi connectivity index (χ1v) is 12.4. The predicted octanol–water partition coefficient (Wildman–Crippen LogP) is 2.84. The predicted molar refractivity (Wildman–Crippen MR) is 118 cm³/mol. The molecule has 30 heavy (non-hydrogen) atoms. The van der Waals surface area contributed by atoms with E-state index in [1.165, 1.54) is 5.56 Å². The third kappa shape index (κ3) is 4.16. The smallest absolute Gasteiger partial charge is 0.214 e. The fourth-order valence-electron chi connectivity index (χ4n) is 4.37. The molecule has 7 nitrogen and oxygen atoms in total. The molecule has 0 bridgehead atoms. The van der Waals surface area contributed by atoms with Gasteiger partial charge in [0, 0.05) is 31.7 Å². The maximum atomic E-state index is 12.4. The van der Waals surface area contributed by atoms with Crippen molar-refractivity contribution in [2.75, 3.05) is 36.8 Å². The number of phenols is 1. The van der Waals surface area contributed by atoms with Crippen LogP contribution in [0.25, 0.3) is 11.4 Å². The number of rotatable bonds is 5. The van der Waals surface area contributed by atoms with E-state index < -0.39 is 10.0 Å². The molecule has 0 radical (unpaired) electrons. The zero-order chi connectivity index (χ0) is 21.3. The second-order valence-corrected chi connectivity index (χ2v) is 10.5. The molecule has 1 saturated heterocycles. The van der Waals surface area contributed by atoms with Gasteiger partial charge in [-0.05, 0) is 43.7 Å². The first-order valence-electron chi connectivity index (χ1n) is 10.8. The monoisotopic (exact) mass is 430 g/mol. The lowest BCUT2D eigenvalue weighted by Crippen LogP contribution is -2.50. The van der Waals surface area contributed by atoms with Gasteiger partial charge in [-0.15, -0.1) is 0 Å². The van der Waals surface area contributed by atoms with Crippen LogP contribution in [0.1, 0.15) is 37.9 Å². The van der Waals surface area contributed by atoms with Crippen molar-refractivity contribution in [1.82, 2.24) is 14.3 Å². The molecule has 0 amide bonds. The molecule has 1 aliphatic carbocycles. The second kappa shape index (κ2) is 8.51. The SMILES string of the molecule is CCCS(=O)(=O)N1CCN(c2nc(-c3ccccc3O)nc3c2CC[C@@H](C)C3)CC1. The lowest BCUT2D eigenvalue weighted by molar-refractivity contribution is 0.382. The Kier molecular flexibility index (Phi) is 5.97. The minimum atomic E-state index is -3.18. The number of anilines is 1. The van der Waals surface area contributed by atoms with Crippen molar-refractivity contribution in [3.05, 3.63) is 35.5 Å². The summed E-state index contributed by atoms with van der Waals surface area (Å²) in [5.41, 5.74) is 2.86. The van der Waals surface area contributed by atoms with Crippen molar-refractivity contribution < 1.29 is 13.5 Å². The van der Waals surface area contributed by atoms with Crippen molar-refractivity contribution in [1.29, 1.82) is 0 Å². The fourth-order valence-corrected chi connectivity index (χ4v) is 5.87. The number of hydrogen-bond acceptors (Lipinski definition) is 6. The number of phenolic OH excluding ortho intramolecular Hbond substituents is 1. The summed E-state index contributed by atoms with van der Waals surface area (Å²) in [6, 6.07) is 7.15. The number of piperazine rings is 1. The molecule has 4 rings (SSSR count). The average Bonchev–Trinajstić information content (AvgIpc) is 2.73. The Hall–Kier alpha value is -2.19. The summed E-state index contributed by atoms with van der Waals surface area (Å²) in [4.78, 5) is 11.9. The Balaban J connectivity index is 1.67. The summed E-state index contributed by atoms with van der Waals surface area (Å²) in [7, 11) is -3.18. The minimum Gasteiger partial charge on any atom is -0.507 e. The Morgan fingerprint density at radius 2 is 1.87 bits per heavy atom. The van der Waals surface area contributed by atoms with Crippen LogP contribution in [0, 0.1) is 5.92 Å². The van der Waals surface area contributed by atoms with Gasteiger partial charge in [-0.25, -0.2) is 18.4 Å². The van der Waals surface area contributed by atoms with Crippen LogP contribution in [-0.2, 0) is 22.9 Å². The van der Waals surface area contributed by atoms with Gasteiger partial charge in [0.2, 0.25) is 10.0 Å². The molecular weight excluding hydrogens is 400 g/mol. The van der Waals surface area contributed by atoms with E-state index in [-0.39, 0.29) is 11.5 Å². The molecule has 2 heterocycles. The first kappa shape index (κ1) is 21.1. The minimum absolute atomic E-state index is 0.169. The molecule has 1 aromatic heterocycles. The van der Waals surface area contributed by atoms with E-state index in [2.05, 4.69) is 11.8 Å². The molecule has 0 saturated carbocycles. The van der Waals surface area contributed by atoms with E-state index in [4.69, 9.17) is 9.97 Å². The molecule has 162 valence electrons. The van der Waals surface area contributed by atoms with Crippen molar-refractivity contribution in [3.63, 3.8) is 0 Å². The van der Waals surface area contributed by atoms with Gasteiger partial charge in [0.05, 0.1) is 17.0 Å². The number of fused-ring (bicyclic) bond motifs is 1. The van der Waals surface area contributed by atoms with Crippen LogP contribution in [0.4, 0.5) is 5.82 Å². The molecule has 2 aliphatic rings. The van der Waals surface area contributed by atoms with Crippen LogP contribution in [-0.4, -0.2) is 59.7 Å². The maximum absolute atomic E-state index is 12.4. The van der Waals surface area contributed by atoms with E-state index >= 15 is 0 Å². The molecule has 0 spiro atoms. The fraction of sp³-hybridized carbons (Fsp3) is 0.545. The van der Waals surface area contributed by atoms with Gasteiger partial charge in [0.15, 0.2) is 5.82 Å². The first-order chi connectivity index (χ1) is 14.4. The number of aromatic hydroxyl groups is 1. The number of aromatic nitrogens is 2. The third-order valence-corrected chi connectivity index (χ3v) is 8.11. The molecule has 1 aliphatic heterocycles. The van der Waals surface area contributed by atoms with Crippen molar-refractivity contribution in [2.24, 2.45) is 5.92 Å². The number of benzene rings is 1. The molecule has 2 aromatic rings. The van der Waals surface area contributed by atoms with E-state index in [1.807, 2.05) is 19.1 Å². The molecule has 1 fully saturated rings. The Morgan fingerprint density at radius 1 is 1.13 bits per heavy atom. The van der Waals surface area contributed by atoms with Crippen LogP contribution < -0.4 is 4.90 Å². The highest BCUT2D eigenvalue weighted by molar-refractivity contribution is 7.89. The lowest BCUT2D eigenvalue weighted by Gasteiger charge is -2.36. The normalized spacial score (nSPS) is 20.2. The van der Waals surface area contributed by atoms with E-state index in [9.17, 15) is 13.5 Å². The Morgan fingerprint density at radius 3 is 2.57 bits per heavy atom. The zero-order valence-electron chi connectivity index (χ0n) is 17.7. The highest BCUT2D eigenvalue weighted by atomic mass is 32.2. The number of para-hydroxylation sites is 1. The van der Waals surface area contributed by atoms with E-state index in [1.54, 1.807) is 16.4 Å². The molecule has 1 atom stereocenters. The molecule has 1 aromatic carbocycles. The second-order valence-electron chi connectivity index (χ2n) is 8.36. The maximum Gasteiger partial charge on any atom is 0.214 e. The van der Waals surface area contributed by atoms with Gasteiger partial charge in [-0.2, -0.15) is 4.31 Å². The van der Waals surface area contributed by atoms with Crippen molar-refractivity contribution in [3.8, 4) is 17.1 Å². The summed E-state index contributed by atoms with van der Waals surface area (Å²) in [6.45, 7) is 6.31. The van der Waals surface area contributed by atoms with Crippen LogP contribution in [0.3, 0.4) is 0 Å². The Bertz CT molecular complexity index is 1020. The number of hydrogen-bond donors (Lipinski definition) is 1. The van der Waals surface area contributed by atoms with Crippen LogP contribution in [0.2, 0.25) is 0 Å². The van der Waals surface area contributed by atoms with E-state index in [0.29, 0.717) is 49.9 Å². The van der Waals surface area contributed by atoms with Gasteiger partial charge in [0.1, 0.15) is 11.6 Å². The Labute approximate surface area is 178 Å². The summed E-state index contributed by atoms with van der Waals surface area (Å²) in [5.74, 6) is 2.37. The highest BCUT2D eigenvalue weighted by Crippen LogP contribution is 2.35. The van der Waals surface area contributed by atoms with Crippen molar-refractivity contribution >= 4 is 15.8 Å². The average molecular weight is 431 g/mol. The summed E-state index contributed by atoms with van der Waals surface area (Å²) < 4.78 is 26.5. The van der Waals surface area contributed by atoms with Crippen molar-refractivity contribution in [2.45, 2.75) is 39.5 Å². The topological polar surface area (TPSA) is 86.6 Å². The summed E-state index contributed by atoms with van der Waals surface area (Å²) in [6.07, 6.45) is 3.56. The molecule has 0 unspecified atom stereocenters. The van der Waals surface area contributed by atoms with Gasteiger partial charge in [-0.3, -0.25) is 0 Å². The quantitative estimate of drug-likeness (QED) is 0.785. The van der Waals surface area contributed by atoms with Crippen LogP contribution >= 0.6 is 0 Å². The molecular formula is C22H30N4O3S.